The fraction of sp³-hybridized carbons (Fsp3) is 0.143. The van der Waals surface area contributed by atoms with E-state index < -0.39 is 0 Å². The van der Waals surface area contributed by atoms with E-state index in [-0.39, 0.29) is 11.9 Å². The molecule has 3 aromatic carbocycles. The fourth-order valence-corrected chi connectivity index (χ4v) is 2.47. The summed E-state index contributed by atoms with van der Waals surface area (Å²) in [6.45, 7) is 4.02. The zero-order valence-electron chi connectivity index (χ0n) is 14.4. The Kier molecular flexibility index (Phi) is 5.09. The maximum absolute atomic E-state index is 9.52. The minimum atomic E-state index is 0.151. The summed E-state index contributed by atoms with van der Waals surface area (Å²) in [7, 11) is 0. The molecule has 0 aliphatic carbocycles. The third-order valence-electron chi connectivity index (χ3n) is 3.51. The first-order valence-electron chi connectivity index (χ1n) is 8.28. The predicted octanol–water partition coefficient (Wildman–Crippen LogP) is 5.67. The average molecular weight is 334 g/mol. The molecule has 0 unspecified atom stereocenters. The number of hydrogen-bond acceptors (Lipinski definition) is 4. The van der Waals surface area contributed by atoms with Crippen LogP contribution in [0.2, 0.25) is 0 Å². The van der Waals surface area contributed by atoms with E-state index in [9.17, 15) is 5.11 Å². The van der Waals surface area contributed by atoms with Gasteiger partial charge in [-0.1, -0.05) is 12.1 Å². The Labute approximate surface area is 148 Å². The molecule has 128 valence electrons. The molecule has 0 bridgehead atoms. The second-order valence-corrected chi connectivity index (χ2v) is 6.07. The van der Waals surface area contributed by atoms with Crippen molar-refractivity contribution in [2.45, 2.75) is 20.0 Å². The van der Waals surface area contributed by atoms with E-state index in [2.05, 4.69) is 10.6 Å². The van der Waals surface area contributed by atoms with Crippen LogP contribution in [0.25, 0.3) is 0 Å². The van der Waals surface area contributed by atoms with Gasteiger partial charge in [-0.3, -0.25) is 0 Å². The second-order valence-electron chi connectivity index (χ2n) is 6.07. The number of benzene rings is 3. The van der Waals surface area contributed by atoms with Crippen LogP contribution in [0.5, 0.6) is 11.5 Å². The average Bonchev–Trinajstić information content (AvgIpc) is 2.56. The third-order valence-corrected chi connectivity index (χ3v) is 3.51. The van der Waals surface area contributed by atoms with Gasteiger partial charge in [-0.2, -0.15) is 0 Å². The monoisotopic (exact) mass is 334 g/mol. The summed E-state index contributed by atoms with van der Waals surface area (Å²) in [5.41, 5.74) is 3.77. The number of phenolic OH excluding ortho intramolecular Hbond substituents is 1. The quantitative estimate of drug-likeness (QED) is 0.544. The van der Waals surface area contributed by atoms with Gasteiger partial charge < -0.3 is 20.5 Å². The van der Waals surface area contributed by atoms with Gasteiger partial charge in [0.05, 0.1) is 6.10 Å². The Balaban J connectivity index is 1.66. The molecule has 3 aromatic rings. The summed E-state index contributed by atoms with van der Waals surface area (Å²) in [6.07, 6.45) is 0.151. The van der Waals surface area contributed by atoms with Crippen LogP contribution in [0.4, 0.5) is 22.7 Å². The molecule has 0 spiro atoms. The van der Waals surface area contributed by atoms with Gasteiger partial charge in [0.2, 0.25) is 0 Å². The van der Waals surface area contributed by atoms with Crippen molar-refractivity contribution in [1.82, 2.24) is 0 Å². The van der Waals surface area contributed by atoms with E-state index in [0.29, 0.717) is 0 Å². The van der Waals surface area contributed by atoms with E-state index in [4.69, 9.17) is 4.74 Å². The van der Waals surface area contributed by atoms with Crippen molar-refractivity contribution in [1.29, 1.82) is 0 Å². The third kappa shape index (κ3) is 4.91. The molecule has 25 heavy (non-hydrogen) atoms. The first-order chi connectivity index (χ1) is 12.1. The van der Waals surface area contributed by atoms with Crippen molar-refractivity contribution < 1.29 is 9.84 Å². The zero-order valence-corrected chi connectivity index (χ0v) is 14.4. The SMILES string of the molecule is CC(C)Oc1cccc(Nc2ccc(Nc3cccc(O)c3)cc2)c1. The Morgan fingerprint density at radius 1 is 0.720 bits per heavy atom. The standard InChI is InChI=1S/C21H22N2O2/c1-15(2)25-21-8-4-6-19(14-21)23-17-11-9-16(10-12-17)22-18-5-3-7-20(24)13-18/h3-15,22-24H,1-2H3. The van der Waals surface area contributed by atoms with Crippen LogP contribution in [0, 0.1) is 0 Å². The van der Waals surface area contributed by atoms with Crippen LogP contribution in [0.3, 0.4) is 0 Å². The number of aromatic hydroxyl groups is 1. The lowest BCUT2D eigenvalue weighted by Gasteiger charge is -2.13. The van der Waals surface area contributed by atoms with Gasteiger partial charge in [-0.25, -0.2) is 0 Å². The van der Waals surface area contributed by atoms with Gasteiger partial charge in [-0.05, 0) is 62.4 Å². The first kappa shape index (κ1) is 16.7. The van der Waals surface area contributed by atoms with E-state index in [0.717, 1.165) is 28.5 Å². The van der Waals surface area contributed by atoms with Crippen LogP contribution in [0.15, 0.2) is 72.8 Å². The highest BCUT2D eigenvalue weighted by molar-refractivity contribution is 5.67. The summed E-state index contributed by atoms with van der Waals surface area (Å²) in [5.74, 6) is 1.09. The number of rotatable bonds is 6. The summed E-state index contributed by atoms with van der Waals surface area (Å²) in [6, 6.07) is 22.9. The highest BCUT2D eigenvalue weighted by Crippen LogP contribution is 2.25. The maximum Gasteiger partial charge on any atom is 0.121 e. The molecule has 0 saturated heterocycles. The van der Waals surface area contributed by atoms with Crippen molar-refractivity contribution in [3.8, 4) is 11.5 Å². The molecule has 4 nitrogen and oxygen atoms in total. The Bertz CT molecular complexity index is 829. The van der Waals surface area contributed by atoms with Crippen LogP contribution >= 0.6 is 0 Å². The molecule has 0 fully saturated rings. The number of ether oxygens (including phenoxy) is 1. The van der Waals surface area contributed by atoms with Crippen molar-refractivity contribution >= 4 is 22.7 Å². The minimum absolute atomic E-state index is 0.151. The van der Waals surface area contributed by atoms with Crippen molar-refractivity contribution in [2.24, 2.45) is 0 Å². The van der Waals surface area contributed by atoms with Crippen molar-refractivity contribution in [3.05, 3.63) is 72.8 Å². The minimum Gasteiger partial charge on any atom is -0.508 e. The summed E-state index contributed by atoms with van der Waals surface area (Å²) in [4.78, 5) is 0. The van der Waals surface area contributed by atoms with E-state index in [1.54, 1.807) is 18.2 Å². The van der Waals surface area contributed by atoms with Crippen LogP contribution < -0.4 is 15.4 Å². The van der Waals surface area contributed by atoms with Crippen molar-refractivity contribution in [3.63, 3.8) is 0 Å². The second kappa shape index (κ2) is 7.62. The molecule has 0 amide bonds. The molecular weight excluding hydrogens is 312 g/mol. The largest absolute Gasteiger partial charge is 0.508 e. The molecule has 0 aromatic heterocycles. The van der Waals surface area contributed by atoms with E-state index in [1.807, 2.05) is 68.4 Å². The lowest BCUT2D eigenvalue weighted by molar-refractivity contribution is 0.242. The highest BCUT2D eigenvalue weighted by atomic mass is 16.5. The van der Waals surface area contributed by atoms with Gasteiger partial charge in [0.15, 0.2) is 0 Å². The first-order valence-corrected chi connectivity index (χ1v) is 8.28. The molecular formula is C21H22N2O2. The van der Waals surface area contributed by atoms with E-state index in [1.165, 1.54) is 0 Å². The molecule has 0 atom stereocenters. The molecule has 0 heterocycles. The van der Waals surface area contributed by atoms with Gasteiger partial charge in [0, 0.05) is 34.9 Å². The van der Waals surface area contributed by atoms with E-state index >= 15 is 0 Å². The highest BCUT2D eigenvalue weighted by Gasteiger charge is 2.01. The lowest BCUT2D eigenvalue weighted by atomic mass is 10.2. The van der Waals surface area contributed by atoms with Gasteiger partial charge >= 0.3 is 0 Å². The van der Waals surface area contributed by atoms with Crippen LogP contribution in [-0.4, -0.2) is 11.2 Å². The zero-order chi connectivity index (χ0) is 17.6. The molecule has 0 aliphatic rings. The Hall–Kier alpha value is -3.14. The van der Waals surface area contributed by atoms with Gasteiger partial charge in [-0.15, -0.1) is 0 Å². The fourth-order valence-electron chi connectivity index (χ4n) is 2.47. The summed E-state index contributed by atoms with van der Waals surface area (Å²) in [5, 5.41) is 16.1. The summed E-state index contributed by atoms with van der Waals surface area (Å²) < 4.78 is 5.72. The number of phenols is 1. The predicted molar refractivity (Wildman–Crippen MR) is 103 cm³/mol. The number of anilines is 4. The summed E-state index contributed by atoms with van der Waals surface area (Å²) >= 11 is 0. The molecule has 4 heteroatoms. The molecule has 0 saturated carbocycles. The van der Waals surface area contributed by atoms with Gasteiger partial charge in [0.1, 0.15) is 11.5 Å². The molecule has 3 rings (SSSR count). The number of nitrogens with one attached hydrogen (secondary N) is 2. The lowest BCUT2D eigenvalue weighted by Crippen LogP contribution is -2.05. The Morgan fingerprint density at radius 2 is 1.28 bits per heavy atom. The van der Waals surface area contributed by atoms with Crippen LogP contribution in [-0.2, 0) is 0 Å². The number of hydrogen-bond donors (Lipinski definition) is 3. The molecule has 3 N–H and O–H groups in total. The maximum atomic E-state index is 9.52. The Morgan fingerprint density at radius 3 is 1.84 bits per heavy atom. The van der Waals surface area contributed by atoms with Crippen LogP contribution in [0.1, 0.15) is 13.8 Å². The molecule has 0 aliphatic heterocycles. The normalized spacial score (nSPS) is 10.5. The topological polar surface area (TPSA) is 53.5 Å². The smallest absolute Gasteiger partial charge is 0.121 e. The van der Waals surface area contributed by atoms with Crippen molar-refractivity contribution in [2.75, 3.05) is 10.6 Å². The van der Waals surface area contributed by atoms with Gasteiger partial charge in [0.25, 0.3) is 0 Å². The molecule has 0 radical (unpaired) electrons.